The van der Waals surface area contributed by atoms with Crippen LogP contribution in [0.15, 0.2) is 155 Å². The van der Waals surface area contributed by atoms with Gasteiger partial charge in [-0.15, -0.1) is 0 Å². The van der Waals surface area contributed by atoms with Gasteiger partial charge in [0.15, 0.2) is 9.84 Å². The molecule has 0 heterocycles. The van der Waals surface area contributed by atoms with Crippen molar-refractivity contribution >= 4 is 73.6 Å². The third kappa shape index (κ3) is 7.03. The Bertz CT molecular complexity index is 1770. The molecule has 0 unspecified atom stereocenters. The third-order valence-corrected chi connectivity index (χ3v) is 13.0. The van der Waals surface area contributed by atoms with Gasteiger partial charge in [0.1, 0.15) is 23.0 Å². The third-order valence-electron chi connectivity index (χ3n) is 7.59. The lowest BCUT2D eigenvalue weighted by Gasteiger charge is -2.29. The zero-order valence-corrected chi connectivity index (χ0v) is 30.7. The van der Waals surface area contributed by atoms with E-state index in [0.717, 1.165) is 31.6 Å². The molecule has 0 fully saturated rings. The van der Waals surface area contributed by atoms with E-state index in [2.05, 4.69) is 63.7 Å². The number of sulfone groups is 1. The molecular weight excluding hydrogens is 848 g/mol. The molecule has 4 aromatic rings. The second-order valence-corrected chi connectivity index (χ2v) is 17.2. The first-order valence-corrected chi connectivity index (χ1v) is 18.8. The fourth-order valence-corrected chi connectivity index (χ4v) is 8.47. The summed E-state index contributed by atoms with van der Waals surface area (Å²) in [5, 5.41) is -1.51. The van der Waals surface area contributed by atoms with Crippen LogP contribution in [0.3, 0.4) is 0 Å². The highest BCUT2D eigenvalue weighted by Gasteiger charge is 2.36. The summed E-state index contributed by atoms with van der Waals surface area (Å²) in [5.41, 5.74) is 1.92. The van der Waals surface area contributed by atoms with Crippen LogP contribution in [0.4, 0.5) is 0 Å². The smallest absolute Gasteiger partial charge is 0.170 e. The van der Waals surface area contributed by atoms with Crippen LogP contribution < -0.4 is 9.47 Å². The molecule has 228 valence electrons. The Labute approximate surface area is 297 Å². The summed E-state index contributed by atoms with van der Waals surface area (Å²) in [6, 6.07) is 30.8. The minimum atomic E-state index is -3.58. The Morgan fingerprint density at radius 2 is 0.844 bits per heavy atom. The lowest BCUT2D eigenvalue weighted by Crippen LogP contribution is -2.32. The molecule has 0 N–H and O–H groups in total. The summed E-state index contributed by atoms with van der Waals surface area (Å²) >= 11 is 14.6. The largest absolute Gasteiger partial charge is 0.456 e. The molecule has 0 saturated heterocycles. The van der Waals surface area contributed by atoms with Crippen molar-refractivity contribution in [1.29, 1.82) is 0 Å². The van der Waals surface area contributed by atoms with E-state index in [-0.39, 0.29) is 0 Å². The molecule has 6 rings (SSSR count). The first kappa shape index (κ1) is 32.3. The average molecular weight is 874 g/mol. The van der Waals surface area contributed by atoms with Crippen LogP contribution in [0.5, 0.6) is 23.0 Å². The van der Waals surface area contributed by atoms with Crippen molar-refractivity contribution in [3.63, 3.8) is 0 Å². The number of hydrogen-bond donors (Lipinski definition) is 0. The summed E-state index contributed by atoms with van der Waals surface area (Å²) in [4.78, 5) is 0. The van der Waals surface area contributed by atoms with Gasteiger partial charge < -0.3 is 9.47 Å². The van der Waals surface area contributed by atoms with Crippen molar-refractivity contribution in [2.45, 2.75) is 19.1 Å². The van der Waals surface area contributed by atoms with Crippen LogP contribution in [0.25, 0.3) is 0 Å². The normalized spacial score (nSPS) is 24.0. The van der Waals surface area contributed by atoms with E-state index in [1.54, 1.807) is 24.3 Å². The monoisotopic (exact) mass is 870 g/mol. The number of alkyl halides is 2. The van der Waals surface area contributed by atoms with Gasteiger partial charge in [0.2, 0.25) is 0 Å². The van der Waals surface area contributed by atoms with Crippen molar-refractivity contribution in [1.82, 2.24) is 0 Å². The average Bonchev–Trinajstić information content (AvgIpc) is 3.04. The second kappa shape index (κ2) is 13.2. The number of hydrogen-bond acceptors (Lipinski definition) is 4. The Kier molecular flexibility index (Phi) is 9.46. The molecule has 4 nitrogen and oxygen atoms in total. The lowest BCUT2D eigenvalue weighted by molar-refractivity contribution is 0.479. The summed E-state index contributed by atoms with van der Waals surface area (Å²) in [5.74, 6) is 2.86. The molecule has 2 aliphatic carbocycles. The highest BCUT2D eigenvalue weighted by molar-refractivity contribution is 9.11. The van der Waals surface area contributed by atoms with E-state index in [9.17, 15) is 8.42 Å². The van der Waals surface area contributed by atoms with Gasteiger partial charge in [-0.3, -0.25) is 0 Å². The molecule has 4 aromatic carbocycles. The summed E-state index contributed by atoms with van der Waals surface area (Å²) in [6.45, 7) is 0. The molecule has 45 heavy (non-hydrogen) atoms. The number of halogens is 4. The van der Waals surface area contributed by atoms with E-state index in [1.807, 2.05) is 121 Å². The second-order valence-electron chi connectivity index (χ2n) is 10.6. The maximum atomic E-state index is 13.7. The van der Waals surface area contributed by atoms with E-state index in [0.29, 0.717) is 11.5 Å². The van der Waals surface area contributed by atoms with Crippen molar-refractivity contribution < 1.29 is 17.9 Å². The van der Waals surface area contributed by atoms with Crippen molar-refractivity contribution in [3.05, 3.63) is 166 Å². The van der Waals surface area contributed by atoms with Gasteiger partial charge in [-0.2, -0.15) is 0 Å². The standard InChI is InChI=1S/C36H26Br4O4S/c37-31-5-1-3-7-33(31)43-27-13-9-25(10-14-27)35(39)21-17-29(18-22-35)45(41,42)30-19-23-36(40,24-20-30)26-11-15-28(16-12-26)44-34-8-4-2-6-32(34)38/h1-24,29-30H. The number of allylic oxidation sites excluding steroid dienone is 4. The first-order chi connectivity index (χ1) is 21.6. The summed E-state index contributed by atoms with van der Waals surface area (Å²) < 4.78 is 39.8. The van der Waals surface area contributed by atoms with Crippen molar-refractivity contribution in [3.8, 4) is 23.0 Å². The molecule has 9 heteroatoms. The molecule has 0 atom stereocenters. The number of para-hydroxylation sites is 2. The van der Waals surface area contributed by atoms with Crippen LogP contribution in [-0.4, -0.2) is 18.9 Å². The Morgan fingerprint density at radius 1 is 0.511 bits per heavy atom. The summed E-state index contributed by atoms with van der Waals surface area (Å²) in [7, 11) is -3.58. The first-order valence-electron chi connectivity index (χ1n) is 14.0. The fraction of sp³-hybridized carbons (Fsp3) is 0.111. The minimum absolute atomic E-state index is 0.624. The van der Waals surface area contributed by atoms with E-state index < -0.39 is 29.0 Å². The molecule has 0 radical (unpaired) electrons. The van der Waals surface area contributed by atoms with Crippen LogP contribution >= 0.6 is 63.7 Å². The molecular formula is C36H26Br4O4S. The zero-order chi connectivity index (χ0) is 31.7. The molecule has 0 saturated carbocycles. The predicted octanol–water partition coefficient (Wildman–Crippen LogP) is 11.1. The van der Waals surface area contributed by atoms with E-state index >= 15 is 0 Å². The highest BCUT2D eigenvalue weighted by Crippen LogP contribution is 2.42. The fourth-order valence-electron chi connectivity index (χ4n) is 5.05. The Balaban J connectivity index is 1.11. The number of rotatable bonds is 8. The molecule has 0 amide bonds. The lowest BCUT2D eigenvalue weighted by atomic mass is 9.94. The molecule has 2 aliphatic rings. The maximum Gasteiger partial charge on any atom is 0.170 e. The Hall–Kier alpha value is -2.69. The maximum absolute atomic E-state index is 13.7. The van der Waals surface area contributed by atoms with Gasteiger partial charge in [-0.1, -0.05) is 129 Å². The van der Waals surface area contributed by atoms with Gasteiger partial charge >= 0.3 is 0 Å². The molecule has 0 aliphatic heterocycles. The van der Waals surface area contributed by atoms with Crippen molar-refractivity contribution in [2.75, 3.05) is 0 Å². The quantitative estimate of drug-likeness (QED) is 0.131. The van der Waals surface area contributed by atoms with E-state index in [4.69, 9.17) is 9.47 Å². The molecule has 0 bridgehead atoms. The number of ether oxygens (including phenoxy) is 2. The molecule has 0 spiro atoms. The van der Waals surface area contributed by atoms with Gasteiger partial charge in [0.25, 0.3) is 0 Å². The van der Waals surface area contributed by atoms with Gasteiger partial charge in [-0.25, -0.2) is 8.42 Å². The van der Waals surface area contributed by atoms with Crippen LogP contribution in [-0.2, 0) is 18.5 Å². The topological polar surface area (TPSA) is 52.6 Å². The molecule has 0 aromatic heterocycles. The number of benzene rings is 4. The Morgan fingerprint density at radius 3 is 1.18 bits per heavy atom. The zero-order valence-electron chi connectivity index (χ0n) is 23.6. The van der Waals surface area contributed by atoms with Crippen LogP contribution in [0.1, 0.15) is 11.1 Å². The minimum Gasteiger partial charge on any atom is -0.456 e. The summed E-state index contributed by atoms with van der Waals surface area (Å²) in [6.07, 6.45) is 14.5. The van der Waals surface area contributed by atoms with Gasteiger partial charge in [0, 0.05) is 0 Å². The van der Waals surface area contributed by atoms with Crippen molar-refractivity contribution in [2.24, 2.45) is 0 Å². The van der Waals surface area contributed by atoms with E-state index in [1.165, 1.54) is 0 Å². The van der Waals surface area contributed by atoms with Crippen LogP contribution in [0.2, 0.25) is 0 Å². The highest BCUT2D eigenvalue weighted by atomic mass is 79.9. The van der Waals surface area contributed by atoms with Gasteiger partial charge in [0.05, 0.1) is 28.1 Å². The van der Waals surface area contributed by atoms with Gasteiger partial charge in [-0.05, 0) is 91.5 Å². The predicted molar refractivity (Wildman–Crippen MR) is 196 cm³/mol. The van der Waals surface area contributed by atoms with Crippen LogP contribution in [0, 0.1) is 0 Å². The SMILES string of the molecule is O=S(=O)(C1C=CC(Br)(c2ccc(Oc3ccccc3Br)cc2)C=C1)C1C=CC(Br)(c2ccc(Oc3ccccc3Br)cc2)C=C1.